The predicted molar refractivity (Wildman–Crippen MR) is 69.3 cm³/mol. The van der Waals surface area contributed by atoms with Crippen LogP contribution in [0, 0.1) is 28.6 Å². The highest BCUT2D eigenvalue weighted by atomic mass is 14.6. The summed E-state index contributed by atoms with van der Waals surface area (Å²) in [6.45, 7) is 7.40. The predicted octanol–water partition coefficient (Wildman–Crippen LogP) is 5.03. The van der Waals surface area contributed by atoms with Gasteiger partial charge in [-0.3, -0.25) is 0 Å². The molecule has 4 rings (SSSR count). The lowest BCUT2D eigenvalue weighted by Gasteiger charge is -2.62. The van der Waals surface area contributed by atoms with Crippen molar-refractivity contribution < 1.29 is 0 Å². The molecule has 92 valence electrons. The molecule has 4 aliphatic carbocycles. The van der Waals surface area contributed by atoms with Gasteiger partial charge in [-0.05, 0) is 60.7 Å². The van der Waals surface area contributed by atoms with Crippen molar-refractivity contribution in [1.82, 2.24) is 0 Å². The molecule has 0 aromatic heterocycles. The zero-order valence-corrected chi connectivity index (χ0v) is 11.4. The molecule has 16 heavy (non-hydrogen) atoms. The normalized spacial score (nSPS) is 41.8. The third kappa shape index (κ3) is 1.64. The van der Waals surface area contributed by atoms with Crippen LogP contribution < -0.4 is 0 Å². The molecule has 0 saturated heterocycles. The second kappa shape index (κ2) is 3.50. The Morgan fingerprint density at radius 1 is 0.875 bits per heavy atom. The Kier molecular flexibility index (Phi) is 2.43. The monoisotopic (exact) mass is 220 g/mol. The molecule has 2 atom stereocenters. The first-order valence-corrected chi connectivity index (χ1v) is 7.50. The van der Waals surface area contributed by atoms with Gasteiger partial charge >= 0.3 is 0 Å². The average molecular weight is 220 g/mol. The lowest BCUT2D eigenvalue weighted by molar-refractivity contribution is -0.125. The van der Waals surface area contributed by atoms with E-state index in [-0.39, 0.29) is 0 Å². The van der Waals surface area contributed by atoms with Crippen molar-refractivity contribution in [2.75, 3.05) is 0 Å². The molecule has 4 fully saturated rings. The standard InChI is InChI=1S/C16H28/c1-15(2,3)14-12-9-13(14)11-16(10-12)7-5-4-6-8-16/h12-14H,4-11H2,1-3H3. The first-order valence-electron chi connectivity index (χ1n) is 7.50. The highest BCUT2D eigenvalue weighted by molar-refractivity contribution is 5.05. The largest absolute Gasteiger partial charge is 0.0599 e. The zero-order valence-electron chi connectivity index (χ0n) is 11.4. The highest BCUT2D eigenvalue weighted by Crippen LogP contribution is 2.65. The molecule has 2 bridgehead atoms. The molecule has 0 aliphatic heterocycles. The maximum atomic E-state index is 2.47. The van der Waals surface area contributed by atoms with Gasteiger partial charge in [0.25, 0.3) is 0 Å². The van der Waals surface area contributed by atoms with E-state index in [2.05, 4.69) is 20.8 Å². The molecule has 0 nitrogen and oxygen atoms in total. The van der Waals surface area contributed by atoms with Gasteiger partial charge in [0, 0.05) is 0 Å². The number of hydrogen-bond acceptors (Lipinski definition) is 0. The van der Waals surface area contributed by atoms with E-state index in [0.717, 1.165) is 23.2 Å². The van der Waals surface area contributed by atoms with E-state index in [1.165, 1.54) is 19.3 Å². The van der Waals surface area contributed by atoms with Gasteiger partial charge in [0.1, 0.15) is 0 Å². The zero-order chi connectivity index (χ0) is 11.4. The Morgan fingerprint density at radius 3 is 1.94 bits per heavy atom. The van der Waals surface area contributed by atoms with Crippen LogP contribution in [-0.4, -0.2) is 0 Å². The molecular weight excluding hydrogens is 192 g/mol. The van der Waals surface area contributed by atoms with Crippen LogP contribution in [0.4, 0.5) is 0 Å². The lowest BCUT2D eigenvalue weighted by atomic mass is 9.43. The van der Waals surface area contributed by atoms with Crippen LogP contribution in [0.25, 0.3) is 0 Å². The quantitative estimate of drug-likeness (QED) is 0.537. The van der Waals surface area contributed by atoms with E-state index < -0.39 is 0 Å². The Bertz CT molecular complexity index is 250. The molecule has 0 amide bonds. The Balaban J connectivity index is 1.71. The summed E-state index contributed by atoms with van der Waals surface area (Å²) in [6, 6.07) is 0. The van der Waals surface area contributed by atoms with Gasteiger partial charge in [0.05, 0.1) is 0 Å². The molecule has 0 N–H and O–H groups in total. The minimum atomic E-state index is 0.573. The molecular formula is C16H28. The van der Waals surface area contributed by atoms with Crippen LogP contribution in [0.5, 0.6) is 0 Å². The molecule has 0 heterocycles. The summed E-state index contributed by atoms with van der Waals surface area (Å²) in [6.07, 6.45) is 12.5. The van der Waals surface area contributed by atoms with Crippen molar-refractivity contribution >= 4 is 0 Å². The van der Waals surface area contributed by atoms with Crippen molar-refractivity contribution in [1.29, 1.82) is 0 Å². The third-order valence-electron chi connectivity index (χ3n) is 5.93. The van der Waals surface area contributed by atoms with Crippen molar-refractivity contribution in [2.24, 2.45) is 28.6 Å². The highest BCUT2D eigenvalue weighted by Gasteiger charge is 2.56. The summed E-state index contributed by atoms with van der Waals surface area (Å²) in [5.74, 6) is 3.24. The second-order valence-corrected chi connectivity index (χ2v) is 8.12. The first kappa shape index (κ1) is 11.1. The summed E-state index contributed by atoms with van der Waals surface area (Å²) >= 11 is 0. The van der Waals surface area contributed by atoms with Crippen LogP contribution in [0.1, 0.15) is 72.1 Å². The van der Waals surface area contributed by atoms with Gasteiger partial charge in [0.15, 0.2) is 0 Å². The fourth-order valence-electron chi connectivity index (χ4n) is 5.61. The Labute approximate surface area is 101 Å². The van der Waals surface area contributed by atoms with Crippen molar-refractivity contribution in [3.63, 3.8) is 0 Å². The average Bonchev–Trinajstić information content (AvgIpc) is 2.15. The van der Waals surface area contributed by atoms with Crippen LogP contribution in [0.15, 0.2) is 0 Å². The smallest absolute Gasteiger partial charge is 0.0292 e. The lowest BCUT2D eigenvalue weighted by Crippen LogP contribution is -2.53. The van der Waals surface area contributed by atoms with Gasteiger partial charge in [-0.25, -0.2) is 0 Å². The maximum absolute atomic E-state index is 2.47. The van der Waals surface area contributed by atoms with Gasteiger partial charge in [-0.2, -0.15) is 0 Å². The molecule has 2 unspecified atom stereocenters. The fraction of sp³-hybridized carbons (Fsp3) is 1.00. The number of hydrogen-bond donors (Lipinski definition) is 0. The third-order valence-corrected chi connectivity index (χ3v) is 5.93. The van der Waals surface area contributed by atoms with E-state index in [1.807, 2.05) is 0 Å². The molecule has 0 radical (unpaired) electrons. The van der Waals surface area contributed by atoms with Gasteiger partial charge in [0.2, 0.25) is 0 Å². The Hall–Kier alpha value is 0. The van der Waals surface area contributed by atoms with E-state index in [9.17, 15) is 0 Å². The molecule has 1 spiro atoms. The summed E-state index contributed by atoms with van der Waals surface area (Å²) < 4.78 is 0. The SMILES string of the molecule is CC(C)(C)C1C2CC1CC1(CCCCC1)C2. The van der Waals surface area contributed by atoms with Gasteiger partial charge in [-0.1, -0.05) is 40.0 Å². The van der Waals surface area contributed by atoms with Crippen molar-refractivity contribution in [3.05, 3.63) is 0 Å². The van der Waals surface area contributed by atoms with E-state index in [0.29, 0.717) is 5.41 Å². The maximum Gasteiger partial charge on any atom is -0.0292 e. The minimum Gasteiger partial charge on any atom is -0.0599 e. The van der Waals surface area contributed by atoms with E-state index in [4.69, 9.17) is 0 Å². The molecule has 4 aliphatic rings. The summed E-state index contributed by atoms with van der Waals surface area (Å²) in [7, 11) is 0. The minimum absolute atomic E-state index is 0.573. The van der Waals surface area contributed by atoms with Crippen LogP contribution in [0.2, 0.25) is 0 Å². The Morgan fingerprint density at radius 2 is 1.44 bits per heavy atom. The van der Waals surface area contributed by atoms with E-state index >= 15 is 0 Å². The van der Waals surface area contributed by atoms with Crippen molar-refractivity contribution in [2.45, 2.75) is 72.1 Å². The topological polar surface area (TPSA) is 0 Å². The van der Waals surface area contributed by atoms with Gasteiger partial charge in [-0.15, -0.1) is 0 Å². The summed E-state index contributed by atoms with van der Waals surface area (Å²) in [4.78, 5) is 0. The van der Waals surface area contributed by atoms with Gasteiger partial charge < -0.3 is 0 Å². The molecule has 0 heteroatoms. The van der Waals surface area contributed by atoms with Crippen LogP contribution in [-0.2, 0) is 0 Å². The molecule has 4 saturated carbocycles. The fourth-order valence-corrected chi connectivity index (χ4v) is 5.61. The molecule has 0 aromatic rings. The van der Waals surface area contributed by atoms with Crippen LogP contribution >= 0.6 is 0 Å². The first-order chi connectivity index (χ1) is 7.50. The second-order valence-electron chi connectivity index (χ2n) is 8.12. The summed E-state index contributed by atoms with van der Waals surface area (Å²) in [5.41, 5.74) is 1.40. The van der Waals surface area contributed by atoms with E-state index in [1.54, 1.807) is 32.1 Å². The number of rotatable bonds is 0. The molecule has 0 aromatic carbocycles. The van der Waals surface area contributed by atoms with Crippen LogP contribution in [0.3, 0.4) is 0 Å². The van der Waals surface area contributed by atoms with Crippen molar-refractivity contribution in [3.8, 4) is 0 Å². The summed E-state index contributed by atoms with van der Waals surface area (Å²) in [5, 5.41) is 0.